The maximum absolute atomic E-state index is 12.5. The Labute approximate surface area is 173 Å². The molecule has 0 saturated heterocycles. The lowest BCUT2D eigenvalue weighted by Gasteiger charge is -2.11. The highest BCUT2D eigenvalue weighted by atomic mass is 32.2. The smallest absolute Gasteiger partial charge is 0.273 e. The van der Waals surface area contributed by atoms with Crippen molar-refractivity contribution in [2.24, 2.45) is 5.10 Å². The summed E-state index contributed by atoms with van der Waals surface area (Å²) in [6.07, 6.45) is 1.52. The Balaban J connectivity index is 1.71. The molecule has 0 unspecified atom stereocenters. The van der Waals surface area contributed by atoms with Crippen LogP contribution in [0.25, 0.3) is 0 Å². The van der Waals surface area contributed by atoms with Crippen LogP contribution in [0.4, 0.5) is 11.4 Å². The van der Waals surface area contributed by atoms with E-state index in [2.05, 4.69) is 15.2 Å². The van der Waals surface area contributed by atoms with Crippen molar-refractivity contribution in [3.05, 3.63) is 77.2 Å². The summed E-state index contributed by atoms with van der Waals surface area (Å²) < 4.78 is 27.5. The van der Waals surface area contributed by atoms with E-state index in [1.54, 1.807) is 23.6 Å². The predicted octanol–water partition coefficient (Wildman–Crippen LogP) is 3.38. The van der Waals surface area contributed by atoms with Gasteiger partial charge in [0.05, 0.1) is 17.5 Å². The van der Waals surface area contributed by atoms with Crippen LogP contribution in [0.5, 0.6) is 0 Å². The predicted molar refractivity (Wildman–Crippen MR) is 117 cm³/mol. The fourth-order valence-electron chi connectivity index (χ4n) is 2.47. The Bertz CT molecular complexity index is 1110. The number of anilines is 2. The van der Waals surface area contributed by atoms with Gasteiger partial charge in [0.1, 0.15) is 4.21 Å². The summed E-state index contributed by atoms with van der Waals surface area (Å²) in [7, 11) is 0.149. The molecule has 1 amide bonds. The molecule has 0 spiro atoms. The second kappa shape index (κ2) is 8.89. The SMILES string of the molecule is CN(C)c1ccc(C=NNC(=O)c2ccccc2NS(=O)(=O)c2cccs2)cc1. The number of nitrogens with zero attached hydrogens (tertiary/aromatic N) is 2. The third-order valence-corrected chi connectivity index (χ3v) is 6.73. The maximum atomic E-state index is 12.5. The van der Waals surface area contributed by atoms with Crippen LogP contribution >= 0.6 is 11.3 Å². The highest BCUT2D eigenvalue weighted by Crippen LogP contribution is 2.22. The average Bonchev–Trinajstić information content (AvgIpc) is 3.24. The number of benzene rings is 2. The maximum Gasteiger partial charge on any atom is 0.273 e. The normalized spacial score (nSPS) is 11.4. The lowest BCUT2D eigenvalue weighted by molar-refractivity contribution is 0.0956. The molecule has 0 aliphatic carbocycles. The van der Waals surface area contributed by atoms with E-state index in [-0.39, 0.29) is 15.5 Å². The topological polar surface area (TPSA) is 90.9 Å². The lowest BCUT2D eigenvalue weighted by Crippen LogP contribution is -2.21. The van der Waals surface area contributed by atoms with Crippen LogP contribution in [-0.4, -0.2) is 34.6 Å². The summed E-state index contributed by atoms with van der Waals surface area (Å²) in [5, 5.41) is 5.64. The van der Waals surface area contributed by atoms with Crippen LogP contribution in [0, 0.1) is 0 Å². The highest BCUT2D eigenvalue weighted by molar-refractivity contribution is 7.94. The van der Waals surface area contributed by atoms with Crippen LogP contribution in [0.2, 0.25) is 0 Å². The number of amides is 1. The molecular weight excluding hydrogens is 408 g/mol. The van der Waals surface area contributed by atoms with Crippen molar-refractivity contribution in [2.75, 3.05) is 23.7 Å². The lowest BCUT2D eigenvalue weighted by atomic mass is 10.2. The van der Waals surface area contributed by atoms with Crippen LogP contribution in [0.15, 0.2) is 75.4 Å². The van der Waals surface area contributed by atoms with Crippen molar-refractivity contribution in [1.29, 1.82) is 0 Å². The van der Waals surface area contributed by atoms with Crippen molar-refractivity contribution in [1.82, 2.24) is 5.43 Å². The molecule has 1 aromatic heterocycles. The molecule has 0 aliphatic heterocycles. The first-order valence-corrected chi connectivity index (χ1v) is 11.0. The molecular formula is C20H20N4O3S2. The van der Waals surface area contributed by atoms with E-state index in [1.165, 1.54) is 24.4 Å². The van der Waals surface area contributed by atoms with E-state index < -0.39 is 15.9 Å². The van der Waals surface area contributed by atoms with Gasteiger partial charge >= 0.3 is 0 Å². The Hall–Kier alpha value is -3.17. The summed E-state index contributed by atoms with van der Waals surface area (Å²) in [4.78, 5) is 14.5. The number of nitrogens with one attached hydrogen (secondary N) is 2. The van der Waals surface area contributed by atoms with Crippen LogP contribution in [0.3, 0.4) is 0 Å². The minimum absolute atomic E-state index is 0.173. The second-order valence-corrected chi connectivity index (χ2v) is 9.13. The van der Waals surface area contributed by atoms with E-state index >= 15 is 0 Å². The molecule has 2 aromatic carbocycles. The molecule has 1 heterocycles. The molecule has 3 aromatic rings. The largest absolute Gasteiger partial charge is 0.378 e. The Morgan fingerprint density at radius 2 is 1.76 bits per heavy atom. The number of hydrazone groups is 1. The first-order chi connectivity index (χ1) is 13.9. The fourth-order valence-corrected chi connectivity index (χ4v) is 4.54. The van der Waals surface area contributed by atoms with Crippen molar-refractivity contribution in [3.8, 4) is 0 Å². The summed E-state index contributed by atoms with van der Waals surface area (Å²) in [6.45, 7) is 0. The number of rotatable bonds is 7. The second-order valence-electron chi connectivity index (χ2n) is 6.27. The van der Waals surface area contributed by atoms with E-state index in [0.29, 0.717) is 0 Å². The molecule has 150 valence electrons. The Morgan fingerprint density at radius 3 is 2.41 bits per heavy atom. The monoisotopic (exact) mass is 428 g/mol. The van der Waals surface area contributed by atoms with Crippen LogP contribution in [-0.2, 0) is 10.0 Å². The summed E-state index contributed by atoms with van der Waals surface area (Å²) in [6, 6.07) is 17.2. The van der Waals surface area contributed by atoms with Crippen molar-refractivity contribution < 1.29 is 13.2 Å². The molecule has 0 bridgehead atoms. The van der Waals surface area contributed by atoms with Crippen molar-refractivity contribution >= 4 is 44.9 Å². The van der Waals surface area contributed by atoms with Crippen molar-refractivity contribution in [2.45, 2.75) is 4.21 Å². The summed E-state index contributed by atoms with van der Waals surface area (Å²) in [5.41, 5.74) is 4.67. The molecule has 3 rings (SSSR count). The van der Waals surface area contributed by atoms with Gasteiger partial charge in [-0.15, -0.1) is 11.3 Å². The fraction of sp³-hybridized carbons (Fsp3) is 0.100. The molecule has 0 aliphatic rings. The Morgan fingerprint density at radius 1 is 1.03 bits per heavy atom. The molecule has 7 nitrogen and oxygen atoms in total. The number of carbonyl (C=O) groups is 1. The van der Waals surface area contributed by atoms with E-state index in [4.69, 9.17) is 0 Å². The highest BCUT2D eigenvalue weighted by Gasteiger charge is 2.19. The average molecular weight is 429 g/mol. The Kier molecular flexibility index (Phi) is 6.30. The number of hydrogen-bond donors (Lipinski definition) is 2. The molecule has 0 atom stereocenters. The van der Waals surface area contributed by atoms with Crippen LogP contribution in [0.1, 0.15) is 15.9 Å². The van der Waals surface area contributed by atoms with E-state index in [0.717, 1.165) is 22.6 Å². The van der Waals surface area contributed by atoms with Crippen LogP contribution < -0.4 is 15.0 Å². The summed E-state index contributed by atoms with van der Waals surface area (Å²) >= 11 is 1.10. The molecule has 0 saturated carbocycles. The number of para-hydroxylation sites is 1. The quantitative estimate of drug-likeness (QED) is 0.446. The number of carbonyl (C=O) groups excluding carboxylic acids is 1. The van der Waals surface area contributed by atoms with Crippen molar-refractivity contribution in [3.63, 3.8) is 0 Å². The zero-order valence-electron chi connectivity index (χ0n) is 15.9. The van der Waals surface area contributed by atoms with Gasteiger partial charge in [-0.25, -0.2) is 13.8 Å². The molecule has 0 fully saturated rings. The number of hydrogen-bond acceptors (Lipinski definition) is 6. The zero-order chi connectivity index (χ0) is 20.9. The zero-order valence-corrected chi connectivity index (χ0v) is 17.5. The first kappa shape index (κ1) is 20.6. The minimum atomic E-state index is -3.75. The van der Waals surface area contributed by atoms with Gasteiger partial charge < -0.3 is 4.90 Å². The van der Waals surface area contributed by atoms with Gasteiger partial charge in [0.15, 0.2) is 0 Å². The van der Waals surface area contributed by atoms with Gasteiger partial charge in [-0.1, -0.05) is 30.3 Å². The van der Waals surface area contributed by atoms with Gasteiger partial charge in [0.2, 0.25) is 0 Å². The van der Waals surface area contributed by atoms with Gasteiger partial charge in [-0.2, -0.15) is 5.10 Å². The van der Waals surface area contributed by atoms with E-state index in [1.807, 2.05) is 43.3 Å². The molecule has 9 heteroatoms. The number of thiophene rings is 1. The minimum Gasteiger partial charge on any atom is -0.378 e. The molecule has 0 radical (unpaired) electrons. The van der Waals surface area contributed by atoms with Gasteiger partial charge in [0, 0.05) is 19.8 Å². The van der Waals surface area contributed by atoms with Gasteiger partial charge in [-0.3, -0.25) is 9.52 Å². The molecule has 2 N–H and O–H groups in total. The standard InChI is InChI=1S/C20H20N4O3S2/c1-24(2)16-11-9-15(10-12-16)14-21-22-20(25)17-6-3-4-7-18(17)23-29(26,27)19-8-5-13-28-19/h3-14,23H,1-2H3,(H,22,25). The van der Waals surface area contributed by atoms with E-state index in [9.17, 15) is 13.2 Å². The van der Waals surface area contributed by atoms with Gasteiger partial charge in [0.25, 0.3) is 15.9 Å². The third kappa shape index (κ3) is 5.21. The molecule has 29 heavy (non-hydrogen) atoms. The summed E-state index contributed by atoms with van der Waals surface area (Å²) in [5.74, 6) is -0.518. The van der Waals surface area contributed by atoms with Gasteiger partial charge in [-0.05, 0) is 41.3 Å². The third-order valence-electron chi connectivity index (χ3n) is 3.97. The first-order valence-electron chi connectivity index (χ1n) is 8.63. The number of sulfonamides is 1.